The van der Waals surface area contributed by atoms with Gasteiger partial charge in [0, 0.05) is 54.8 Å². The Bertz CT molecular complexity index is 1570. The molecule has 6 rings (SSSR count). The van der Waals surface area contributed by atoms with Gasteiger partial charge in [-0.1, -0.05) is 19.9 Å². The smallest absolute Gasteiger partial charge is 0.497 e. The van der Waals surface area contributed by atoms with Crippen LogP contribution in [-0.4, -0.2) is 85.0 Å². The molecule has 2 fully saturated rings. The molecular weight excluding hydrogens is 561 g/mol. The van der Waals surface area contributed by atoms with Gasteiger partial charge in [0.05, 0.1) is 73.9 Å². The number of methoxy groups -OCH3 is 2. The van der Waals surface area contributed by atoms with Crippen molar-refractivity contribution >= 4 is 29.2 Å². The first-order chi connectivity index (χ1) is 21.5. The van der Waals surface area contributed by atoms with Crippen molar-refractivity contribution in [2.45, 2.75) is 56.8 Å². The van der Waals surface area contributed by atoms with Crippen LogP contribution in [0, 0.1) is 0 Å². The summed E-state index contributed by atoms with van der Waals surface area (Å²) in [4.78, 5) is 0. The molecule has 2 unspecified atom stereocenters. The predicted molar refractivity (Wildman–Crippen MR) is 168 cm³/mol. The summed E-state index contributed by atoms with van der Waals surface area (Å²) in [6.07, 6.45) is 8.33. The number of benzene rings is 2. The largest absolute Gasteiger partial charge is 0.498 e. The number of rotatable bonds is 13. The molecule has 3 heterocycles. The lowest BCUT2D eigenvalue weighted by Crippen LogP contribution is -2.46. The van der Waals surface area contributed by atoms with E-state index in [2.05, 4.69) is 35.2 Å². The summed E-state index contributed by atoms with van der Waals surface area (Å²) in [5, 5.41) is 13.8. The van der Waals surface area contributed by atoms with Crippen LogP contribution in [0.4, 0.5) is 5.69 Å². The molecule has 232 valence electrons. The van der Waals surface area contributed by atoms with Crippen molar-refractivity contribution in [2.75, 3.05) is 46.4 Å². The quantitative estimate of drug-likeness (QED) is 0.178. The average Bonchev–Trinajstić information content (AvgIpc) is 3.76. The Balaban J connectivity index is 1.33. The number of ether oxygens (including phenoxy) is 4. The highest BCUT2D eigenvalue weighted by molar-refractivity contribution is 6.63. The van der Waals surface area contributed by atoms with Crippen LogP contribution in [0.2, 0.25) is 0 Å². The number of aromatic nitrogens is 4. The van der Waals surface area contributed by atoms with Crippen LogP contribution >= 0.6 is 0 Å². The zero-order valence-corrected chi connectivity index (χ0v) is 25.8. The summed E-state index contributed by atoms with van der Waals surface area (Å²) in [6, 6.07) is 12.0. The highest BCUT2D eigenvalue weighted by Gasteiger charge is 2.66. The van der Waals surface area contributed by atoms with Crippen molar-refractivity contribution in [3.05, 3.63) is 55.0 Å². The molecule has 44 heavy (non-hydrogen) atoms. The lowest BCUT2D eigenvalue weighted by atomic mass is 9.76. The zero-order valence-electron chi connectivity index (χ0n) is 25.8. The standard InChI is InChI=1S/C32H40BN5O6/c1-5-31-19-23(42-15-14-41-13-12-39-3)20-32(31,6-2)44-33(43-31)26-17-25(29(18-30(26)40-4)38-11-7-10-36-38)22-8-9-24-27(34)21-35-37-28(24)16-22/h7-11,16-18,21,23H,5-6,12-15,19-20H2,1-4H3,(H2,34,37)/t23?,31-,32?/m1/s1. The number of hydrogen-bond donors (Lipinski definition) is 1. The number of hydrogen-bond acceptors (Lipinski definition) is 10. The highest BCUT2D eigenvalue weighted by atomic mass is 16.7. The van der Waals surface area contributed by atoms with E-state index in [-0.39, 0.29) is 6.10 Å². The predicted octanol–water partition coefficient (Wildman–Crippen LogP) is 3.95. The van der Waals surface area contributed by atoms with Crippen LogP contribution in [-0.2, 0) is 23.5 Å². The second kappa shape index (κ2) is 12.8. The van der Waals surface area contributed by atoms with Crippen LogP contribution < -0.4 is 15.9 Å². The van der Waals surface area contributed by atoms with Gasteiger partial charge in [-0.05, 0) is 42.7 Å². The summed E-state index contributed by atoms with van der Waals surface area (Å²) in [5.74, 6) is 0.660. The van der Waals surface area contributed by atoms with Crippen molar-refractivity contribution in [2.24, 2.45) is 0 Å². The van der Waals surface area contributed by atoms with Gasteiger partial charge in [0.25, 0.3) is 0 Å². The Morgan fingerprint density at radius 2 is 1.80 bits per heavy atom. The fraction of sp³-hybridized carbons (Fsp3) is 0.469. The fourth-order valence-electron chi connectivity index (χ4n) is 6.81. The molecule has 4 aromatic rings. The van der Waals surface area contributed by atoms with Crippen molar-refractivity contribution in [1.29, 1.82) is 0 Å². The number of nitrogens with two attached hydrogens (primary N) is 1. The van der Waals surface area contributed by atoms with Gasteiger partial charge in [-0.2, -0.15) is 15.3 Å². The summed E-state index contributed by atoms with van der Waals surface area (Å²) < 4.78 is 38.6. The van der Waals surface area contributed by atoms with Crippen LogP contribution in [0.15, 0.2) is 55.0 Å². The molecule has 2 N–H and O–H groups in total. The Kier molecular flexibility index (Phi) is 8.88. The van der Waals surface area contributed by atoms with Crippen molar-refractivity contribution in [1.82, 2.24) is 20.0 Å². The number of anilines is 1. The van der Waals surface area contributed by atoms with Gasteiger partial charge in [0.15, 0.2) is 0 Å². The third kappa shape index (κ3) is 5.45. The van der Waals surface area contributed by atoms with Gasteiger partial charge in [-0.25, -0.2) is 4.68 Å². The lowest BCUT2D eigenvalue weighted by molar-refractivity contribution is -0.0281. The molecule has 2 aliphatic rings. The molecule has 1 aliphatic carbocycles. The molecular formula is C32H40BN5O6. The highest BCUT2D eigenvalue weighted by Crippen LogP contribution is 2.54. The fourth-order valence-corrected chi connectivity index (χ4v) is 6.81. The van der Waals surface area contributed by atoms with Crippen molar-refractivity contribution < 1.29 is 28.3 Å². The lowest BCUT2D eigenvalue weighted by Gasteiger charge is -2.37. The molecule has 11 nitrogen and oxygen atoms in total. The maximum Gasteiger partial charge on any atom is 0.498 e. The first-order valence-electron chi connectivity index (χ1n) is 15.2. The maximum absolute atomic E-state index is 6.95. The first kappa shape index (κ1) is 30.5. The van der Waals surface area contributed by atoms with E-state index >= 15 is 0 Å². The molecule has 12 heteroatoms. The second-order valence-corrected chi connectivity index (χ2v) is 11.4. The Labute approximate surface area is 258 Å². The molecule has 2 aromatic heterocycles. The zero-order chi connectivity index (χ0) is 30.7. The van der Waals surface area contributed by atoms with Gasteiger partial charge >= 0.3 is 7.12 Å². The number of fused-ring (bicyclic) bond motifs is 2. The van der Waals surface area contributed by atoms with Crippen LogP contribution in [0.1, 0.15) is 39.5 Å². The molecule has 0 bridgehead atoms. The van der Waals surface area contributed by atoms with Crippen LogP contribution in [0.3, 0.4) is 0 Å². The van der Waals surface area contributed by atoms with E-state index in [4.69, 9.17) is 34.0 Å². The minimum Gasteiger partial charge on any atom is -0.497 e. The second-order valence-electron chi connectivity index (χ2n) is 11.4. The summed E-state index contributed by atoms with van der Waals surface area (Å²) in [6.45, 7) is 6.50. The van der Waals surface area contributed by atoms with Crippen LogP contribution in [0.25, 0.3) is 27.7 Å². The Morgan fingerprint density at radius 1 is 1.02 bits per heavy atom. The number of nitrogen functional groups attached to an aromatic ring is 1. The summed E-state index contributed by atoms with van der Waals surface area (Å²) in [7, 11) is 2.71. The summed E-state index contributed by atoms with van der Waals surface area (Å²) >= 11 is 0. The minimum absolute atomic E-state index is 0.0210. The van der Waals surface area contributed by atoms with E-state index < -0.39 is 18.3 Å². The monoisotopic (exact) mass is 601 g/mol. The summed E-state index contributed by atoms with van der Waals surface area (Å²) in [5.41, 5.74) is 10.00. The topological polar surface area (TPSA) is 125 Å². The third-order valence-corrected chi connectivity index (χ3v) is 9.10. The van der Waals surface area contributed by atoms with E-state index in [0.717, 1.165) is 53.3 Å². The molecule has 0 amide bonds. The Hall–Kier alpha value is -3.55. The van der Waals surface area contributed by atoms with E-state index in [1.54, 1.807) is 26.6 Å². The molecule has 1 saturated carbocycles. The van der Waals surface area contributed by atoms with Crippen molar-refractivity contribution in [3.63, 3.8) is 0 Å². The average molecular weight is 602 g/mol. The molecule has 3 atom stereocenters. The normalized spacial score (nSPS) is 23.0. The van der Waals surface area contributed by atoms with Crippen LogP contribution in [0.5, 0.6) is 5.75 Å². The van der Waals surface area contributed by atoms with Gasteiger partial charge in [-0.3, -0.25) is 0 Å². The minimum atomic E-state index is -0.621. The molecule has 1 aliphatic heterocycles. The number of nitrogens with zero attached hydrogens (tertiary/aromatic N) is 4. The SMILES string of the molecule is CCC12CC(OCCOCCOC)C[C@@]1(CC)OB(c1cc(-c3ccc4c(N)cnnc4c3)c(-n3cccn3)cc1OC)O2. The van der Waals surface area contributed by atoms with E-state index in [1.165, 1.54) is 0 Å². The first-order valence-corrected chi connectivity index (χ1v) is 15.2. The van der Waals surface area contributed by atoms with Gasteiger partial charge in [0.2, 0.25) is 0 Å². The van der Waals surface area contributed by atoms with E-state index in [1.807, 2.05) is 41.2 Å². The van der Waals surface area contributed by atoms with Gasteiger partial charge in [-0.15, -0.1) is 0 Å². The van der Waals surface area contributed by atoms with Crippen molar-refractivity contribution in [3.8, 4) is 22.6 Å². The molecule has 0 radical (unpaired) electrons. The van der Waals surface area contributed by atoms with Gasteiger partial charge in [0.1, 0.15) is 5.75 Å². The molecule has 0 spiro atoms. The third-order valence-electron chi connectivity index (χ3n) is 9.10. The molecule has 1 saturated heterocycles. The van der Waals surface area contributed by atoms with E-state index in [9.17, 15) is 0 Å². The van der Waals surface area contributed by atoms with Gasteiger partial charge < -0.3 is 34.0 Å². The van der Waals surface area contributed by atoms with E-state index in [0.29, 0.717) is 43.4 Å². The Morgan fingerprint density at radius 3 is 2.48 bits per heavy atom. The molecule has 2 aromatic carbocycles. The maximum atomic E-state index is 6.95.